The number of piperidine rings is 1. The van der Waals surface area contributed by atoms with Crippen molar-refractivity contribution in [2.24, 2.45) is 5.92 Å². The van der Waals surface area contributed by atoms with Crippen LogP contribution in [0.5, 0.6) is 5.75 Å². The zero-order valence-corrected chi connectivity index (χ0v) is 11.1. The standard InChI is InChI=1S/C13H17ClN2O2/c1-9-3-2-6-16(8-9)13(18)15-10-4-5-12(17)11(14)7-10/h4-5,7,9,17H,2-3,6,8H2,1H3,(H,15,18). The minimum Gasteiger partial charge on any atom is -0.506 e. The Labute approximate surface area is 112 Å². The molecule has 1 unspecified atom stereocenters. The van der Waals surface area contributed by atoms with Gasteiger partial charge in [-0.15, -0.1) is 0 Å². The molecule has 1 aliphatic rings. The van der Waals surface area contributed by atoms with Gasteiger partial charge in [0.15, 0.2) is 0 Å². The van der Waals surface area contributed by atoms with E-state index >= 15 is 0 Å². The summed E-state index contributed by atoms with van der Waals surface area (Å²) in [6, 6.07) is 4.54. The summed E-state index contributed by atoms with van der Waals surface area (Å²) in [5.74, 6) is 0.564. The second kappa shape index (κ2) is 5.48. The maximum Gasteiger partial charge on any atom is 0.321 e. The van der Waals surface area contributed by atoms with E-state index in [0.717, 1.165) is 19.5 Å². The van der Waals surface area contributed by atoms with Crippen molar-refractivity contribution in [2.75, 3.05) is 18.4 Å². The monoisotopic (exact) mass is 268 g/mol. The van der Waals surface area contributed by atoms with E-state index in [4.69, 9.17) is 11.6 Å². The largest absolute Gasteiger partial charge is 0.506 e. The highest BCUT2D eigenvalue weighted by atomic mass is 35.5. The highest BCUT2D eigenvalue weighted by molar-refractivity contribution is 6.32. The lowest BCUT2D eigenvalue weighted by atomic mass is 10.0. The first-order valence-corrected chi connectivity index (χ1v) is 6.48. The minimum atomic E-state index is -0.108. The van der Waals surface area contributed by atoms with Gasteiger partial charge in [-0.25, -0.2) is 4.79 Å². The van der Waals surface area contributed by atoms with Crippen molar-refractivity contribution in [2.45, 2.75) is 19.8 Å². The molecule has 1 saturated heterocycles. The summed E-state index contributed by atoms with van der Waals surface area (Å²) in [7, 11) is 0. The molecule has 1 heterocycles. The van der Waals surface area contributed by atoms with Gasteiger partial charge in [0.25, 0.3) is 0 Å². The van der Waals surface area contributed by atoms with E-state index in [2.05, 4.69) is 12.2 Å². The Kier molecular flexibility index (Phi) is 3.97. The highest BCUT2D eigenvalue weighted by Crippen LogP contribution is 2.26. The molecule has 1 aromatic carbocycles. The van der Waals surface area contributed by atoms with Crippen LogP contribution in [0.25, 0.3) is 0 Å². The molecule has 0 aromatic heterocycles. The number of anilines is 1. The third-order valence-electron chi connectivity index (χ3n) is 3.14. The number of phenolic OH excluding ortho intramolecular Hbond substituents is 1. The number of carbonyl (C=O) groups is 1. The van der Waals surface area contributed by atoms with Crippen LogP contribution in [0.2, 0.25) is 5.02 Å². The molecule has 0 saturated carbocycles. The topological polar surface area (TPSA) is 52.6 Å². The quantitative estimate of drug-likeness (QED) is 0.768. The fraction of sp³-hybridized carbons (Fsp3) is 0.462. The molecule has 2 N–H and O–H groups in total. The van der Waals surface area contributed by atoms with Crippen LogP contribution in [0.1, 0.15) is 19.8 Å². The normalized spacial score (nSPS) is 19.7. The van der Waals surface area contributed by atoms with Crippen LogP contribution < -0.4 is 5.32 Å². The molecule has 0 aliphatic carbocycles. The number of rotatable bonds is 1. The fourth-order valence-electron chi connectivity index (χ4n) is 2.16. The van der Waals surface area contributed by atoms with E-state index in [1.54, 1.807) is 12.1 Å². The van der Waals surface area contributed by atoms with Gasteiger partial charge in [0.1, 0.15) is 5.75 Å². The van der Waals surface area contributed by atoms with Crippen LogP contribution in [0, 0.1) is 5.92 Å². The molecule has 18 heavy (non-hydrogen) atoms. The number of urea groups is 1. The van der Waals surface area contributed by atoms with E-state index in [1.165, 1.54) is 12.5 Å². The van der Waals surface area contributed by atoms with Crippen molar-refractivity contribution in [1.82, 2.24) is 4.90 Å². The van der Waals surface area contributed by atoms with Gasteiger partial charge in [-0.3, -0.25) is 0 Å². The highest BCUT2D eigenvalue weighted by Gasteiger charge is 2.20. The van der Waals surface area contributed by atoms with Crippen LogP contribution >= 0.6 is 11.6 Å². The molecule has 1 fully saturated rings. The van der Waals surface area contributed by atoms with E-state index in [1.807, 2.05) is 4.90 Å². The number of phenols is 1. The van der Waals surface area contributed by atoms with E-state index in [0.29, 0.717) is 11.6 Å². The zero-order valence-electron chi connectivity index (χ0n) is 10.3. The lowest BCUT2D eigenvalue weighted by Crippen LogP contribution is -2.41. The first-order chi connectivity index (χ1) is 8.56. The molecule has 2 rings (SSSR count). The average molecular weight is 269 g/mol. The maximum absolute atomic E-state index is 12.0. The number of hydrogen-bond donors (Lipinski definition) is 2. The number of aromatic hydroxyl groups is 1. The summed E-state index contributed by atoms with van der Waals surface area (Å²) in [5.41, 5.74) is 0.598. The minimum absolute atomic E-state index is 0.0151. The number of amides is 2. The molecule has 0 radical (unpaired) electrons. The molecular formula is C13H17ClN2O2. The van der Waals surface area contributed by atoms with Crippen LogP contribution in [-0.4, -0.2) is 29.1 Å². The maximum atomic E-state index is 12.0. The Morgan fingerprint density at radius 2 is 2.33 bits per heavy atom. The van der Waals surface area contributed by atoms with Gasteiger partial charge in [0.2, 0.25) is 0 Å². The molecule has 0 bridgehead atoms. The van der Waals surface area contributed by atoms with E-state index < -0.39 is 0 Å². The third kappa shape index (κ3) is 3.07. The molecule has 1 aromatic rings. The Morgan fingerprint density at radius 3 is 3.00 bits per heavy atom. The van der Waals surface area contributed by atoms with Gasteiger partial charge in [-0.05, 0) is 37.0 Å². The van der Waals surface area contributed by atoms with Crippen molar-refractivity contribution < 1.29 is 9.90 Å². The number of likely N-dealkylation sites (tertiary alicyclic amines) is 1. The molecule has 1 aliphatic heterocycles. The average Bonchev–Trinajstić information content (AvgIpc) is 2.34. The van der Waals surface area contributed by atoms with Crippen molar-refractivity contribution in [3.63, 3.8) is 0 Å². The molecule has 5 heteroatoms. The molecule has 4 nitrogen and oxygen atoms in total. The second-order valence-electron chi connectivity index (χ2n) is 4.79. The summed E-state index contributed by atoms with van der Waals surface area (Å²) in [6.07, 6.45) is 2.22. The number of hydrogen-bond acceptors (Lipinski definition) is 2. The first kappa shape index (κ1) is 13.0. The van der Waals surface area contributed by atoms with Crippen molar-refractivity contribution in [3.05, 3.63) is 23.2 Å². The van der Waals surface area contributed by atoms with E-state index in [-0.39, 0.29) is 16.8 Å². The number of halogens is 1. The zero-order chi connectivity index (χ0) is 13.1. The van der Waals surface area contributed by atoms with E-state index in [9.17, 15) is 9.90 Å². The lowest BCUT2D eigenvalue weighted by molar-refractivity contribution is 0.182. The van der Waals surface area contributed by atoms with Crippen LogP contribution in [0.15, 0.2) is 18.2 Å². The van der Waals surface area contributed by atoms with Crippen molar-refractivity contribution >= 4 is 23.3 Å². The van der Waals surface area contributed by atoms with Crippen LogP contribution in [0.4, 0.5) is 10.5 Å². The summed E-state index contributed by atoms with van der Waals surface area (Å²) in [6.45, 7) is 3.73. The predicted octanol–water partition coefficient (Wildman–Crippen LogP) is 3.31. The van der Waals surface area contributed by atoms with Crippen LogP contribution in [0.3, 0.4) is 0 Å². The van der Waals surface area contributed by atoms with Gasteiger partial charge >= 0.3 is 6.03 Å². The Hall–Kier alpha value is -1.42. The van der Waals surface area contributed by atoms with Gasteiger partial charge in [0, 0.05) is 18.8 Å². The lowest BCUT2D eigenvalue weighted by Gasteiger charge is -2.30. The second-order valence-corrected chi connectivity index (χ2v) is 5.20. The smallest absolute Gasteiger partial charge is 0.321 e. The molecule has 0 spiro atoms. The Balaban J connectivity index is 2.00. The molecular weight excluding hydrogens is 252 g/mol. The summed E-state index contributed by atoms with van der Waals surface area (Å²) in [5, 5.41) is 12.3. The van der Waals surface area contributed by atoms with Crippen molar-refractivity contribution in [3.8, 4) is 5.75 Å². The Morgan fingerprint density at radius 1 is 1.56 bits per heavy atom. The molecule has 1 atom stereocenters. The Bertz CT molecular complexity index is 451. The van der Waals surface area contributed by atoms with Gasteiger partial charge in [-0.2, -0.15) is 0 Å². The van der Waals surface area contributed by atoms with Gasteiger partial charge < -0.3 is 15.3 Å². The number of nitrogens with one attached hydrogen (secondary N) is 1. The first-order valence-electron chi connectivity index (χ1n) is 6.10. The fourth-order valence-corrected chi connectivity index (χ4v) is 2.34. The van der Waals surface area contributed by atoms with Gasteiger partial charge in [0.05, 0.1) is 5.02 Å². The predicted molar refractivity (Wildman–Crippen MR) is 72.1 cm³/mol. The SMILES string of the molecule is CC1CCCN(C(=O)Nc2ccc(O)c(Cl)c2)C1. The summed E-state index contributed by atoms with van der Waals surface area (Å²) in [4.78, 5) is 13.8. The molecule has 2 amide bonds. The summed E-state index contributed by atoms with van der Waals surface area (Å²) < 4.78 is 0. The van der Waals surface area contributed by atoms with Crippen LogP contribution in [-0.2, 0) is 0 Å². The number of benzene rings is 1. The number of carbonyl (C=O) groups excluding carboxylic acids is 1. The summed E-state index contributed by atoms with van der Waals surface area (Å²) >= 11 is 5.79. The number of nitrogens with zero attached hydrogens (tertiary/aromatic N) is 1. The van der Waals surface area contributed by atoms with Crippen molar-refractivity contribution in [1.29, 1.82) is 0 Å². The molecule has 98 valence electrons. The third-order valence-corrected chi connectivity index (χ3v) is 3.45. The van der Waals surface area contributed by atoms with Gasteiger partial charge in [-0.1, -0.05) is 18.5 Å².